The molecule has 50 heavy (non-hydrogen) atoms. The molecule has 0 spiro atoms. The number of benzene rings is 4. The minimum absolute atomic E-state index is 0.0336. The van der Waals surface area contributed by atoms with Crippen LogP contribution in [0, 0.1) is 0 Å². The van der Waals surface area contributed by atoms with E-state index in [9.17, 15) is 19.8 Å². The van der Waals surface area contributed by atoms with Gasteiger partial charge in [-0.3, -0.25) is 9.59 Å². The van der Waals surface area contributed by atoms with Crippen molar-refractivity contribution in [3.05, 3.63) is 76.9 Å². The lowest BCUT2D eigenvalue weighted by atomic mass is 9.86. The molecule has 2 aliphatic rings. The molecule has 0 bridgehead atoms. The molecular weight excluding hydrogens is 652 g/mol. The van der Waals surface area contributed by atoms with Crippen LogP contribution in [-0.4, -0.2) is 83.8 Å². The number of methoxy groups -OCH3 is 7. The highest BCUT2D eigenvalue weighted by atomic mass is 16.5. The second kappa shape index (κ2) is 13.7. The van der Waals surface area contributed by atoms with Crippen LogP contribution in [0.15, 0.2) is 54.6 Å². The average Bonchev–Trinajstić information content (AvgIpc) is 3.15. The summed E-state index contributed by atoms with van der Waals surface area (Å²) >= 11 is 0. The Morgan fingerprint density at radius 2 is 1.04 bits per heavy atom. The van der Waals surface area contributed by atoms with Gasteiger partial charge in [-0.25, -0.2) is 0 Å². The maximum absolute atomic E-state index is 14.0. The zero-order chi connectivity index (χ0) is 35.9. The van der Waals surface area contributed by atoms with Gasteiger partial charge in [-0.15, -0.1) is 0 Å². The monoisotopic (exact) mass is 688 g/mol. The smallest absolute Gasteiger partial charge is 0.202 e. The van der Waals surface area contributed by atoms with Crippen LogP contribution in [0.5, 0.6) is 51.7 Å². The fourth-order valence-electron chi connectivity index (χ4n) is 6.35. The summed E-state index contributed by atoms with van der Waals surface area (Å²) in [7, 11) is 10.0. The Morgan fingerprint density at radius 3 is 1.62 bits per heavy atom. The van der Waals surface area contributed by atoms with Crippen molar-refractivity contribution in [1.29, 1.82) is 0 Å². The van der Waals surface area contributed by atoms with Crippen molar-refractivity contribution >= 4 is 11.6 Å². The van der Waals surface area contributed by atoms with Crippen LogP contribution in [0.25, 0.3) is 11.1 Å². The molecule has 0 aliphatic carbocycles. The van der Waals surface area contributed by atoms with Gasteiger partial charge in [0.2, 0.25) is 11.6 Å². The van der Waals surface area contributed by atoms with Gasteiger partial charge in [0.15, 0.2) is 35.9 Å². The maximum Gasteiger partial charge on any atom is 0.202 e. The summed E-state index contributed by atoms with van der Waals surface area (Å²) in [6.07, 6.45) is -5.53. The molecule has 4 atom stereocenters. The summed E-state index contributed by atoms with van der Waals surface area (Å²) in [4.78, 5) is 28.0. The molecule has 0 fully saturated rings. The lowest BCUT2D eigenvalue weighted by Gasteiger charge is -2.34. The fourth-order valence-corrected chi connectivity index (χ4v) is 6.35. The van der Waals surface area contributed by atoms with E-state index in [1.54, 1.807) is 42.5 Å². The number of carbonyl (C=O) groups excluding carboxylic acids is 2. The summed E-state index contributed by atoms with van der Waals surface area (Å²) in [6.45, 7) is 0. The number of aliphatic hydroxyl groups excluding tert-OH is 2. The summed E-state index contributed by atoms with van der Waals surface area (Å²) in [6, 6.07) is 14.6. The number of rotatable bonds is 10. The SMILES string of the molecule is COc1ccc([C@H]2Oc3cc(OC)c(-c4c(OC)cc(OC)c5c4O[C@H](c4ccc(OC)c(OC)c4)[C@@H](O)C5=O)c(OC)c3C(=O)[C@@H]2O)cc1. The number of Topliss-reactive ketones (excluding diaryl/α,β-unsaturated/α-hetero) is 2. The Labute approximate surface area is 287 Å². The Balaban J connectivity index is 1.58. The molecule has 4 aromatic carbocycles. The third-order valence-corrected chi connectivity index (χ3v) is 8.81. The van der Waals surface area contributed by atoms with E-state index in [4.69, 9.17) is 42.6 Å². The highest BCUT2D eigenvalue weighted by Crippen LogP contribution is 2.57. The van der Waals surface area contributed by atoms with E-state index in [1.165, 1.54) is 61.9 Å². The first-order valence-electron chi connectivity index (χ1n) is 15.4. The van der Waals surface area contributed by atoms with Crippen molar-refractivity contribution in [2.45, 2.75) is 24.4 Å². The topological polar surface area (TPSA) is 158 Å². The first-order valence-corrected chi connectivity index (χ1v) is 15.4. The van der Waals surface area contributed by atoms with Crippen molar-refractivity contribution < 1.29 is 62.4 Å². The van der Waals surface area contributed by atoms with Crippen molar-refractivity contribution in [2.75, 3.05) is 49.8 Å². The van der Waals surface area contributed by atoms with Gasteiger partial charge in [-0.05, 0) is 35.4 Å². The van der Waals surface area contributed by atoms with Crippen LogP contribution in [0.2, 0.25) is 0 Å². The molecule has 6 rings (SSSR count). The van der Waals surface area contributed by atoms with Crippen molar-refractivity contribution in [3.8, 4) is 62.9 Å². The molecule has 2 N–H and O–H groups in total. The van der Waals surface area contributed by atoms with Gasteiger partial charge in [-0.1, -0.05) is 18.2 Å². The summed E-state index contributed by atoms with van der Waals surface area (Å²) in [5.41, 5.74) is 1.12. The number of ketones is 2. The van der Waals surface area contributed by atoms with Crippen molar-refractivity contribution in [3.63, 3.8) is 0 Å². The first-order chi connectivity index (χ1) is 24.1. The van der Waals surface area contributed by atoms with Crippen LogP contribution in [0.1, 0.15) is 44.1 Å². The highest BCUT2D eigenvalue weighted by Gasteiger charge is 2.45. The molecule has 4 aromatic rings. The largest absolute Gasteiger partial charge is 0.497 e. The predicted molar refractivity (Wildman–Crippen MR) is 178 cm³/mol. The van der Waals surface area contributed by atoms with E-state index < -0.39 is 36.0 Å². The molecule has 262 valence electrons. The molecular formula is C37H36O13. The van der Waals surface area contributed by atoms with Crippen LogP contribution in [-0.2, 0) is 0 Å². The standard InChI is InChI=1S/C37H36O13/c1-42-19-11-8-17(9-12-19)34-32(40)31(39)29-25(49-34)16-23(46-5)26(36(29)48-7)27-22(45-4)15-24(47-6)28-30(38)33(41)35(50-37(27)28)18-10-13-20(43-2)21(14-18)44-3/h8-16,32-35,40-41H,1-7H3/t32-,33-,34+,35+/m0/s1. The van der Waals surface area contributed by atoms with E-state index in [0.717, 1.165) is 0 Å². The van der Waals surface area contributed by atoms with Gasteiger partial charge in [0.1, 0.15) is 51.4 Å². The molecule has 13 heteroatoms. The van der Waals surface area contributed by atoms with Crippen LogP contribution >= 0.6 is 0 Å². The van der Waals surface area contributed by atoms with Gasteiger partial charge in [0.05, 0.1) is 60.9 Å². The molecule has 13 nitrogen and oxygen atoms in total. The number of ether oxygens (including phenoxy) is 9. The quantitative estimate of drug-likeness (QED) is 0.235. The third-order valence-electron chi connectivity index (χ3n) is 8.81. The highest BCUT2D eigenvalue weighted by molar-refractivity contribution is 6.11. The molecule has 0 aromatic heterocycles. The van der Waals surface area contributed by atoms with E-state index in [1.807, 2.05) is 0 Å². The zero-order valence-corrected chi connectivity index (χ0v) is 28.4. The Hall–Kier alpha value is -5.66. The molecule has 0 unspecified atom stereocenters. The number of fused-ring (bicyclic) bond motifs is 2. The van der Waals surface area contributed by atoms with Crippen molar-refractivity contribution in [1.82, 2.24) is 0 Å². The minimum Gasteiger partial charge on any atom is -0.497 e. The van der Waals surface area contributed by atoms with E-state index in [2.05, 4.69) is 0 Å². The van der Waals surface area contributed by atoms with E-state index in [-0.39, 0.29) is 56.8 Å². The molecule has 0 amide bonds. The second-order valence-corrected chi connectivity index (χ2v) is 11.3. The van der Waals surface area contributed by atoms with E-state index in [0.29, 0.717) is 28.4 Å². The maximum atomic E-state index is 14.0. The second-order valence-electron chi connectivity index (χ2n) is 11.3. The molecule has 0 saturated carbocycles. The average molecular weight is 689 g/mol. The minimum atomic E-state index is -1.65. The van der Waals surface area contributed by atoms with Crippen LogP contribution < -0.4 is 42.6 Å². The summed E-state index contributed by atoms with van der Waals surface area (Å²) in [5.74, 6) is 0.429. The van der Waals surface area contributed by atoms with E-state index >= 15 is 0 Å². The van der Waals surface area contributed by atoms with Gasteiger partial charge < -0.3 is 52.8 Å². The zero-order valence-electron chi connectivity index (χ0n) is 28.4. The van der Waals surface area contributed by atoms with Gasteiger partial charge >= 0.3 is 0 Å². The molecule has 2 aliphatic heterocycles. The Kier molecular flexibility index (Phi) is 9.37. The fraction of sp³-hybridized carbons (Fsp3) is 0.297. The summed E-state index contributed by atoms with van der Waals surface area (Å²) in [5, 5.41) is 22.6. The number of aliphatic hydroxyl groups is 2. The van der Waals surface area contributed by atoms with Crippen LogP contribution in [0.3, 0.4) is 0 Å². The Bertz CT molecular complexity index is 1950. The third kappa shape index (κ3) is 5.44. The van der Waals surface area contributed by atoms with Gasteiger partial charge in [-0.2, -0.15) is 0 Å². The molecule has 2 heterocycles. The molecule has 0 saturated heterocycles. The number of hydrogen-bond acceptors (Lipinski definition) is 13. The number of carbonyl (C=O) groups is 2. The Morgan fingerprint density at radius 1 is 0.500 bits per heavy atom. The summed E-state index contributed by atoms with van der Waals surface area (Å²) < 4.78 is 51.9. The van der Waals surface area contributed by atoms with Gasteiger partial charge in [0.25, 0.3) is 0 Å². The van der Waals surface area contributed by atoms with Crippen molar-refractivity contribution in [2.24, 2.45) is 0 Å². The molecule has 0 radical (unpaired) electrons. The lowest BCUT2D eigenvalue weighted by Crippen LogP contribution is -2.37. The first kappa shape index (κ1) is 34.2. The van der Waals surface area contributed by atoms with Crippen LogP contribution in [0.4, 0.5) is 0 Å². The normalized spacial score (nSPS) is 19.3. The van der Waals surface area contributed by atoms with Gasteiger partial charge in [0, 0.05) is 12.1 Å². The number of hydrogen-bond donors (Lipinski definition) is 2. The predicted octanol–water partition coefficient (Wildman–Crippen LogP) is 4.77. The lowest BCUT2D eigenvalue weighted by molar-refractivity contribution is 0.0206.